The molecular formula is C11H22N2O. The molecule has 0 aromatic carbocycles. The summed E-state index contributed by atoms with van der Waals surface area (Å²) in [5, 5.41) is 3.26. The summed E-state index contributed by atoms with van der Waals surface area (Å²) in [5.41, 5.74) is 5.04. The van der Waals surface area contributed by atoms with Gasteiger partial charge in [0.05, 0.1) is 0 Å². The number of nitrogens with one attached hydrogen (secondary N) is 1. The molecule has 0 aromatic heterocycles. The zero-order valence-electron chi connectivity index (χ0n) is 8.93. The van der Waals surface area contributed by atoms with Crippen molar-refractivity contribution in [2.45, 2.75) is 44.9 Å². The molecule has 1 aliphatic rings. The van der Waals surface area contributed by atoms with Crippen LogP contribution >= 0.6 is 0 Å². The van der Waals surface area contributed by atoms with Gasteiger partial charge in [0.15, 0.2) is 0 Å². The summed E-state index contributed by atoms with van der Waals surface area (Å²) in [5.74, 6) is 0.708. The highest BCUT2D eigenvalue weighted by atomic mass is 16.1. The minimum absolute atomic E-state index is 0.213. The fraction of sp³-hybridized carbons (Fsp3) is 0.909. The first-order valence-electron chi connectivity index (χ1n) is 5.78. The highest BCUT2D eigenvalue weighted by Crippen LogP contribution is 2.25. The van der Waals surface area contributed by atoms with Crippen molar-refractivity contribution in [1.29, 1.82) is 0 Å². The van der Waals surface area contributed by atoms with Gasteiger partial charge in [-0.1, -0.05) is 32.1 Å². The molecule has 0 unspecified atom stereocenters. The van der Waals surface area contributed by atoms with Gasteiger partial charge in [-0.05, 0) is 18.9 Å². The minimum Gasteiger partial charge on any atom is -0.370 e. The van der Waals surface area contributed by atoms with E-state index in [9.17, 15) is 4.79 Å². The number of primary amides is 1. The SMILES string of the molecule is NC(=O)CCNCCC1CCCCC1. The van der Waals surface area contributed by atoms with Crippen LogP contribution < -0.4 is 11.1 Å². The Bertz CT molecular complexity index is 165. The lowest BCUT2D eigenvalue weighted by Crippen LogP contribution is -2.24. The summed E-state index contributed by atoms with van der Waals surface area (Å²) in [6.07, 6.45) is 8.77. The summed E-state index contributed by atoms with van der Waals surface area (Å²) in [6, 6.07) is 0. The van der Waals surface area contributed by atoms with E-state index < -0.39 is 0 Å². The Morgan fingerprint density at radius 3 is 2.57 bits per heavy atom. The summed E-state index contributed by atoms with van der Waals surface area (Å²) < 4.78 is 0. The minimum atomic E-state index is -0.213. The van der Waals surface area contributed by atoms with Crippen molar-refractivity contribution in [2.75, 3.05) is 13.1 Å². The molecular weight excluding hydrogens is 176 g/mol. The molecule has 0 radical (unpaired) electrons. The van der Waals surface area contributed by atoms with Crippen molar-refractivity contribution in [3.63, 3.8) is 0 Å². The van der Waals surface area contributed by atoms with E-state index in [-0.39, 0.29) is 5.91 Å². The maximum absolute atomic E-state index is 10.4. The first-order chi connectivity index (χ1) is 6.79. The molecule has 82 valence electrons. The predicted octanol–water partition coefficient (Wildman–Crippen LogP) is 1.42. The van der Waals surface area contributed by atoms with E-state index in [1.807, 2.05) is 0 Å². The highest BCUT2D eigenvalue weighted by Gasteiger charge is 2.12. The van der Waals surface area contributed by atoms with Gasteiger partial charge in [-0.25, -0.2) is 0 Å². The van der Waals surface area contributed by atoms with Crippen molar-refractivity contribution in [3.05, 3.63) is 0 Å². The van der Waals surface area contributed by atoms with E-state index in [0.29, 0.717) is 6.42 Å². The van der Waals surface area contributed by atoms with E-state index in [1.165, 1.54) is 38.5 Å². The standard InChI is InChI=1S/C11H22N2O/c12-11(14)7-9-13-8-6-10-4-2-1-3-5-10/h10,13H,1-9H2,(H2,12,14). The lowest BCUT2D eigenvalue weighted by atomic mass is 9.87. The number of rotatable bonds is 6. The molecule has 0 aromatic rings. The van der Waals surface area contributed by atoms with E-state index in [4.69, 9.17) is 5.73 Å². The van der Waals surface area contributed by atoms with E-state index in [1.54, 1.807) is 0 Å². The van der Waals surface area contributed by atoms with Gasteiger partial charge in [-0.2, -0.15) is 0 Å². The second kappa shape index (κ2) is 6.82. The van der Waals surface area contributed by atoms with Gasteiger partial charge in [0.1, 0.15) is 0 Å². The Morgan fingerprint density at radius 1 is 1.21 bits per heavy atom. The van der Waals surface area contributed by atoms with Crippen LogP contribution in [0.25, 0.3) is 0 Å². The third kappa shape index (κ3) is 5.22. The largest absolute Gasteiger partial charge is 0.370 e. The zero-order chi connectivity index (χ0) is 10.2. The second-order valence-electron chi connectivity index (χ2n) is 4.26. The Kier molecular flexibility index (Phi) is 5.60. The monoisotopic (exact) mass is 198 g/mol. The van der Waals surface area contributed by atoms with E-state index in [0.717, 1.165) is 19.0 Å². The van der Waals surface area contributed by atoms with Crippen LogP contribution in [0.1, 0.15) is 44.9 Å². The van der Waals surface area contributed by atoms with Gasteiger partial charge in [0.25, 0.3) is 0 Å². The third-order valence-electron chi connectivity index (χ3n) is 3.00. The topological polar surface area (TPSA) is 55.1 Å². The quantitative estimate of drug-likeness (QED) is 0.634. The smallest absolute Gasteiger partial charge is 0.218 e. The fourth-order valence-electron chi connectivity index (χ4n) is 2.12. The van der Waals surface area contributed by atoms with Gasteiger partial charge in [0.2, 0.25) is 5.91 Å². The molecule has 1 rings (SSSR count). The van der Waals surface area contributed by atoms with Crippen LogP contribution in [0.3, 0.4) is 0 Å². The lowest BCUT2D eigenvalue weighted by Gasteiger charge is -2.21. The van der Waals surface area contributed by atoms with Crippen LogP contribution in [0.15, 0.2) is 0 Å². The average Bonchev–Trinajstić information content (AvgIpc) is 2.18. The molecule has 1 saturated carbocycles. The number of amides is 1. The third-order valence-corrected chi connectivity index (χ3v) is 3.00. The molecule has 3 N–H and O–H groups in total. The first kappa shape index (κ1) is 11.5. The summed E-state index contributed by atoms with van der Waals surface area (Å²) in [4.78, 5) is 10.4. The fourth-order valence-corrected chi connectivity index (χ4v) is 2.12. The molecule has 0 saturated heterocycles. The average molecular weight is 198 g/mol. The van der Waals surface area contributed by atoms with Crippen LogP contribution in [0.4, 0.5) is 0 Å². The molecule has 0 atom stereocenters. The molecule has 1 aliphatic carbocycles. The van der Waals surface area contributed by atoms with Gasteiger partial charge in [0, 0.05) is 13.0 Å². The molecule has 0 bridgehead atoms. The van der Waals surface area contributed by atoms with Crippen LogP contribution in [0.2, 0.25) is 0 Å². The summed E-state index contributed by atoms with van der Waals surface area (Å²) >= 11 is 0. The molecule has 1 amide bonds. The van der Waals surface area contributed by atoms with Crippen LogP contribution in [-0.4, -0.2) is 19.0 Å². The van der Waals surface area contributed by atoms with Crippen LogP contribution in [0, 0.1) is 5.92 Å². The molecule has 0 spiro atoms. The molecule has 3 nitrogen and oxygen atoms in total. The maximum Gasteiger partial charge on any atom is 0.218 e. The van der Waals surface area contributed by atoms with Gasteiger partial charge in [-0.15, -0.1) is 0 Å². The maximum atomic E-state index is 10.4. The second-order valence-corrected chi connectivity index (χ2v) is 4.26. The molecule has 0 aliphatic heterocycles. The predicted molar refractivity (Wildman–Crippen MR) is 57.9 cm³/mol. The number of carbonyl (C=O) groups is 1. The van der Waals surface area contributed by atoms with E-state index >= 15 is 0 Å². The van der Waals surface area contributed by atoms with Crippen molar-refractivity contribution >= 4 is 5.91 Å². The Morgan fingerprint density at radius 2 is 1.93 bits per heavy atom. The Labute approximate surface area is 86.4 Å². The van der Waals surface area contributed by atoms with Crippen molar-refractivity contribution in [2.24, 2.45) is 11.7 Å². The Hall–Kier alpha value is -0.570. The highest BCUT2D eigenvalue weighted by molar-refractivity contribution is 5.73. The summed E-state index contributed by atoms with van der Waals surface area (Å²) in [7, 11) is 0. The molecule has 1 fully saturated rings. The van der Waals surface area contributed by atoms with E-state index in [2.05, 4.69) is 5.32 Å². The van der Waals surface area contributed by atoms with Gasteiger partial charge < -0.3 is 11.1 Å². The number of hydrogen-bond donors (Lipinski definition) is 2. The van der Waals surface area contributed by atoms with Crippen LogP contribution in [-0.2, 0) is 4.79 Å². The number of nitrogens with two attached hydrogens (primary N) is 1. The van der Waals surface area contributed by atoms with Gasteiger partial charge in [-0.3, -0.25) is 4.79 Å². The van der Waals surface area contributed by atoms with Crippen molar-refractivity contribution < 1.29 is 4.79 Å². The lowest BCUT2D eigenvalue weighted by molar-refractivity contribution is -0.117. The molecule has 14 heavy (non-hydrogen) atoms. The molecule has 3 heteroatoms. The van der Waals surface area contributed by atoms with Crippen molar-refractivity contribution in [3.8, 4) is 0 Å². The van der Waals surface area contributed by atoms with Crippen LogP contribution in [0.5, 0.6) is 0 Å². The summed E-state index contributed by atoms with van der Waals surface area (Å²) in [6.45, 7) is 1.78. The normalized spacial score (nSPS) is 18.3. The van der Waals surface area contributed by atoms with Gasteiger partial charge >= 0.3 is 0 Å². The first-order valence-corrected chi connectivity index (χ1v) is 5.78. The Balaban J connectivity index is 1.90. The zero-order valence-corrected chi connectivity index (χ0v) is 8.93. The molecule has 0 heterocycles. The number of carbonyl (C=O) groups excluding carboxylic acids is 1. The number of hydrogen-bond acceptors (Lipinski definition) is 2. The van der Waals surface area contributed by atoms with Crippen molar-refractivity contribution in [1.82, 2.24) is 5.32 Å².